The summed E-state index contributed by atoms with van der Waals surface area (Å²) in [5.74, 6) is 2.02. The molecule has 22 heavy (non-hydrogen) atoms. The van der Waals surface area contributed by atoms with E-state index in [2.05, 4.69) is 34.5 Å². The van der Waals surface area contributed by atoms with Crippen LogP contribution in [0, 0.1) is 0 Å². The predicted octanol–water partition coefficient (Wildman–Crippen LogP) is 2.74. The molecule has 1 aromatic carbocycles. The van der Waals surface area contributed by atoms with Gasteiger partial charge in [0.2, 0.25) is 0 Å². The average molecular weight is 317 g/mol. The molecular weight excluding hydrogens is 298 g/mol. The van der Waals surface area contributed by atoms with E-state index < -0.39 is 0 Å². The maximum atomic E-state index is 11.4. The first kappa shape index (κ1) is 15.1. The minimum absolute atomic E-state index is 0.217. The Morgan fingerprint density at radius 3 is 2.82 bits per heavy atom. The third-order valence-corrected chi connectivity index (χ3v) is 4.84. The predicted molar refractivity (Wildman–Crippen MR) is 84.9 cm³/mol. The first-order chi connectivity index (χ1) is 10.7. The summed E-state index contributed by atoms with van der Waals surface area (Å²) in [6, 6.07) is 10.5. The molecule has 1 aromatic heterocycles. The van der Waals surface area contributed by atoms with Crippen LogP contribution in [0.3, 0.4) is 0 Å². The summed E-state index contributed by atoms with van der Waals surface area (Å²) in [7, 11) is 1.96. The molecule has 1 aliphatic carbocycles. The van der Waals surface area contributed by atoms with E-state index in [1.807, 2.05) is 17.7 Å². The fraction of sp³-hybridized carbons (Fsp3) is 0.438. The molecule has 1 heterocycles. The van der Waals surface area contributed by atoms with Gasteiger partial charge in [-0.25, -0.2) is 0 Å². The molecule has 1 saturated carbocycles. The molecule has 0 aliphatic heterocycles. The van der Waals surface area contributed by atoms with Crippen LogP contribution in [0.25, 0.3) is 0 Å². The number of aromatic nitrogens is 3. The largest absolute Gasteiger partial charge is 0.465 e. The number of carbonyl (C=O) groups is 1. The Morgan fingerprint density at radius 2 is 2.09 bits per heavy atom. The SMILES string of the molecule is CCOC(=O)CSc1nnc(C2CC2c2ccccc2)n1C. The molecule has 3 rings (SSSR count). The molecule has 0 spiro atoms. The summed E-state index contributed by atoms with van der Waals surface area (Å²) in [6.07, 6.45) is 1.11. The fourth-order valence-corrected chi connectivity index (χ4v) is 3.37. The van der Waals surface area contributed by atoms with Crippen molar-refractivity contribution in [2.75, 3.05) is 12.4 Å². The number of benzene rings is 1. The van der Waals surface area contributed by atoms with Gasteiger partial charge >= 0.3 is 5.97 Å². The Balaban J connectivity index is 1.64. The maximum absolute atomic E-state index is 11.4. The summed E-state index contributed by atoms with van der Waals surface area (Å²) in [4.78, 5) is 11.4. The van der Waals surface area contributed by atoms with Crippen LogP contribution in [0.5, 0.6) is 0 Å². The van der Waals surface area contributed by atoms with Crippen molar-refractivity contribution in [3.8, 4) is 0 Å². The van der Waals surface area contributed by atoms with E-state index in [4.69, 9.17) is 4.74 Å². The lowest BCUT2D eigenvalue weighted by Crippen LogP contribution is -2.07. The quantitative estimate of drug-likeness (QED) is 0.606. The van der Waals surface area contributed by atoms with E-state index >= 15 is 0 Å². The van der Waals surface area contributed by atoms with Crippen molar-refractivity contribution >= 4 is 17.7 Å². The van der Waals surface area contributed by atoms with Crippen molar-refractivity contribution in [1.29, 1.82) is 0 Å². The third kappa shape index (κ3) is 3.16. The molecule has 0 saturated heterocycles. The molecule has 1 aliphatic rings. The van der Waals surface area contributed by atoms with Crippen LogP contribution in [0.4, 0.5) is 0 Å². The highest BCUT2D eigenvalue weighted by molar-refractivity contribution is 7.99. The second-order valence-corrected chi connectivity index (χ2v) is 6.30. The molecule has 2 aromatic rings. The van der Waals surface area contributed by atoms with Crippen LogP contribution in [-0.2, 0) is 16.6 Å². The van der Waals surface area contributed by atoms with Gasteiger partial charge in [-0.3, -0.25) is 4.79 Å². The normalized spacial score (nSPS) is 19.9. The molecule has 6 heteroatoms. The van der Waals surface area contributed by atoms with Crippen LogP contribution < -0.4 is 0 Å². The van der Waals surface area contributed by atoms with Gasteiger partial charge in [-0.05, 0) is 24.8 Å². The summed E-state index contributed by atoms with van der Waals surface area (Å²) in [6.45, 7) is 2.21. The van der Waals surface area contributed by atoms with Crippen molar-refractivity contribution < 1.29 is 9.53 Å². The smallest absolute Gasteiger partial charge is 0.316 e. The van der Waals surface area contributed by atoms with Crippen molar-refractivity contribution in [3.63, 3.8) is 0 Å². The molecule has 0 amide bonds. The van der Waals surface area contributed by atoms with Gasteiger partial charge in [-0.15, -0.1) is 10.2 Å². The van der Waals surface area contributed by atoms with Crippen LogP contribution in [0.15, 0.2) is 35.5 Å². The molecule has 0 N–H and O–H groups in total. The zero-order valence-corrected chi connectivity index (χ0v) is 13.5. The molecule has 2 atom stereocenters. The second-order valence-electron chi connectivity index (χ2n) is 5.35. The van der Waals surface area contributed by atoms with Gasteiger partial charge in [-0.2, -0.15) is 0 Å². The van der Waals surface area contributed by atoms with Crippen LogP contribution in [0.2, 0.25) is 0 Å². The van der Waals surface area contributed by atoms with Gasteiger partial charge in [0.1, 0.15) is 5.82 Å². The number of hydrogen-bond acceptors (Lipinski definition) is 5. The Bertz CT molecular complexity index is 657. The standard InChI is InChI=1S/C16H19N3O2S/c1-3-21-14(20)10-22-16-18-17-15(19(16)2)13-9-12(13)11-7-5-4-6-8-11/h4-8,12-13H,3,9-10H2,1-2H3. The Hall–Kier alpha value is -1.82. The number of ether oxygens (including phenoxy) is 1. The summed E-state index contributed by atoms with van der Waals surface area (Å²) >= 11 is 1.37. The van der Waals surface area contributed by atoms with Crippen LogP contribution in [0.1, 0.15) is 36.6 Å². The summed E-state index contributed by atoms with van der Waals surface area (Å²) < 4.78 is 6.93. The molecule has 1 fully saturated rings. The zero-order chi connectivity index (χ0) is 15.5. The fourth-order valence-electron chi connectivity index (χ4n) is 2.65. The van der Waals surface area contributed by atoms with E-state index in [0.29, 0.717) is 18.4 Å². The van der Waals surface area contributed by atoms with E-state index in [0.717, 1.165) is 17.4 Å². The minimum atomic E-state index is -0.217. The highest BCUT2D eigenvalue weighted by atomic mass is 32.2. The van der Waals surface area contributed by atoms with E-state index in [1.54, 1.807) is 6.92 Å². The number of hydrogen-bond donors (Lipinski definition) is 0. The first-order valence-electron chi connectivity index (χ1n) is 7.43. The van der Waals surface area contributed by atoms with Crippen molar-refractivity contribution in [3.05, 3.63) is 41.7 Å². The molecule has 5 nitrogen and oxygen atoms in total. The van der Waals surface area contributed by atoms with Crippen LogP contribution >= 0.6 is 11.8 Å². The Morgan fingerprint density at radius 1 is 1.32 bits per heavy atom. The Labute approximate surface area is 134 Å². The van der Waals surface area contributed by atoms with Gasteiger partial charge in [-0.1, -0.05) is 42.1 Å². The summed E-state index contributed by atoms with van der Waals surface area (Å²) in [5.41, 5.74) is 1.36. The molecule has 0 bridgehead atoms. The number of nitrogens with zero attached hydrogens (tertiary/aromatic N) is 3. The zero-order valence-electron chi connectivity index (χ0n) is 12.7. The lowest BCUT2D eigenvalue weighted by atomic mass is 10.1. The van der Waals surface area contributed by atoms with E-state index in [1.165, 1.54) is 17.3 Å². The Kier molecular flexibility index (Phi) is 4.47. The molecule has 116 valence electrons. The number of carbonyl (C=O) groups excluding carboxylic acids is 1. The highest BCUT2D eigenvalue weighted by Crippen LogP contribution is 2.54. The lowest BCUT2D eigenvalue weighted by molar-refractivity contribution is -0.139. The van der Waals surface area contributed by atoms with Crippen molar-refractivity contribution in [2.24, 2.45) is 7.05 Å². The van der Waals surface area contributed by atoms with E-state index in [9.17, 15) is 4.79 Å². The van der Waals surface area contributed by atoms with Crippen molar-refractivity contribution in [1.82, 2.24) is 14.8 Å². The second kappa shape index (κ2) is 6.52. The van der Waals surface area contributed by atoms with Gasteiger partial charge in [0.15, 0.2) is 5.16 Å². The lowest BCUT2D eigenvalue weighted by Gasteiger charge is -2.04. The summed E-state index contributed by atoms with van der Waals surface area (Å²) in [5, 5.41) is 9.29. The maximum Gasteiger partial charge on any atom is 0.316 e. The van der Waals surface area contributed by atoms with Gasteiger partial charge < -0.3 is 9.30 Å². The number of rotatable bonds is 6. The number of thioether (sulfide) groups is 1. The minimum Gasteiger partial charge on any atom is -0.465 e. The molecule has 2 unspecified atom stereocenters. The van der Waals surface area contributed by atoms with Crippen molar-refractivity contribution in [2.45, 2.75) is 30.3 Å². The van der Waals surface area contributed by atoms with Gasteiger partial charge in [0.25, 0.3) is 0 Å². The van der Waals surface area contributed by atoms with Gasteiger partial charge in [0, 0.05) is 13.0 Å². The highest BCUT2D eigenvalue weighted by Gasteiger charge is 2.42. The monoisotopic (exact) mass is 317 g/mol. The van der Waals surface area contributed by atoms with Gasteiger partial charge in [0.05, 0.1) is 12.4 Å². The average Bonchev–Trinajstić information content (AvgIpc) is 3.24. The van der Waals surface area contributed by atoms with Crippen LogP contribution in [-0.4, -0.2) is 33.1 Å². The first-order valence-corrected chi connectivity index (χ1v) is 8.42. The molecular formula is C16H19N3O2S. The topological polar surface area (TPSA) is 57.0 Å². The number of esters is 1. The van der Waals surface area contributed by atoms with E-state index in [-0.39, 0.29) is 11.7 Å². The molecule has 0 radical (unpaired) electrons. The third-order valence-electron chi connectivity index (χ3n) is 3.84.